The molecule has 0 amide bonds. The van der Waals surface area contributed by atoms with Crippen LogP contribution in [0.2, 0.25) is 0 Å². The van der Waals surface area contributed by atoms with E-state index in [1.807, 2.05) is 18.7 Å². The molecule has 0 radical (unpaired) electrons. The molecule has 1 heterocycles. The van der Waals surface area contributed by atoms with E-state index in [2.05, 4.69) is 48.7 Å². The van der Waals surface area contributed by atoms with Crippen LogP contribution in [-0.4, -0.2) is 16.8 Å². The Morgan fingerprint density at radius 2 is 1.94 bits per heavy atom. The van der Waals surface area contributed by atoms with Crippen LogP contribution in [0.15, 0.2) is 24.4 Å². The Labute approximate surface area is 102 Å². The van der Waals surface area contributed by atoms with Gasteiger partial charge >= 0.3 is 0 Å². The largest absolute Gasteiger partial charge is 0.316 e. The van der Waals surface area contributed by atoms with Crippen molar-refractivity contribution in [2.24, 2.45) is 0 Å². The summed E-state index contributed by atoms with van der Waals surface area (Å²) in [5.74, 6) is 0. The van der Waals surface area contributed by atoms with Gasteiger partial charge in [-0.15, -0.1) is 0 Å². The summed E-state index contributed by atoms with van der Waals surface area (Å²) in [7, 11) is 1.95. The Kier molecular flexibility index (Phi) is 3.29. The molecule has 0 aliphatic carbocycles. The van der Waals surface area contributed by atoms with Gasteiger partial charge in [-0.1, -0.05) is 6.07 Å². The number of rotatable bonds is 3. The number of benzene rings is 1. The van der Waals surface area contributed by atoms with E-state index in [0.717, 1.165) is 17.9 Å². The van der Waals surface area contributed by atoms with Gasteiger partial charge in [0.2, 0.25) is 0 Å². The first kappa shape index (κ1) is 11.9. The van der Waals surface area contributed by atoms with Crippen LogP contribution in [0.3, 0.4) is 0 Å². The van der Waals surface area contributed by atoms with E-state index in [-0.39, 0.29) is 0 Å². The standard InChI is InChI=1S/C14H19N3/c1-10-5-6-14(7-11(10)2)17-9-13(8-15-4)12(3)16-17/h5-7,9,15H,8H2,1-4H3. The van der Waals surface area contributed by atoms with Gasteiger partial charge in [-0.3, -0.25) is 0 Å². The Hall–Kier alpha value is -1.61. The second-order valence-corrected chi connectivity index (χ2v) is 4.48. The normalized spacial score (nSPS) is 10.8. The van der Waals surface area contributed by atoms with Crippen LogP contribution in [0.5, 0.6) is 0 Å². The summed E-state index contributed by atoms with van der Waals surface area (Å²) in [5.41, 5.74) is 6.06. The van der Waals surface area contributed by atoms with Crippen LogP contribution in [0.1, 0.15) is 22.4 Å². The maximum Gasteiger partial charge on any atom is 0.0648 e. The van der Waals surface area contributed by atoms with Gasteiger partial charge in [-0.25, -0.2) is 4.68 Å². The zero-order valence-corrected chi connectivity index (χ0v) is 10.9. The molecule has 0 unspecified atom stereocenters. The highest BCUT2D eigenvalue weighted by molar-refractivity contribution is 5.39. The summed E-state index contributed by atoms with van der Waals surface area (Å²) in [6, 6.07) is 6.42. The van der Waals surface area contributed by atoms with E-state index in [0.29, 0.717) is 0 Å². The summed E-state index contributed by atoms with van der Waals surface area (Å²) >= 11 is 0. The number of aryl methyl sites for hydroxylation is 3. The molecule has 0 spiro atoms. The zero-order chi connectivity index (χ0) is 12.4. The number of hydrogen-bond donors (Lipinski definition) is 1. The lowest BCUT2D eigenvalue weighted by molar-refractivity contribution is 0.812. The van der Waals surface area contributed by atoms with E-state index in [9.17, 15) is 0 Å². The molecule has 0 fully saturated rings. The van der Waals surface area contributed by atoms with E-state index < -0.39 is 0 Å². The molecule has 3 nitrogen and oxygen atoms in total. The number of nitrogens with one attached hydrogen (secondary N) is 1. The molecule has 0 aliphatic rings. The van der Waals surface area contributed by atoms with E-state index in [4.69, 9.17) is 0 Å². The number of nitrogens with zero attached hydrogens (tertiary/aromatic N) is 2. The molecule has 2 aromatic rings. The van der Waals surface area contributed by atoms with Gasteiger partial charge in [0.05, 0.1) is 11.4 Å². The molecular formula is C14H19N3. The Morgan fingerprint density at radius 1 is 1.18 bits per heavy atom. The van der Waals surface area contributed by atoms with Crippen molar-refractivity contribution in [1.82, 2.24) is 15.1 Å². The first-order valence-electron chi connectivity index (χ1n) is 5.89. The second-order valence-electron chi connectivity index (χ2n) is 4.48. The molecule has 1 N–H and O–H groups in total. The van der Waals surface area contributed by atoms with Gasteiger partial charge in [0.1, 0.15) is 0 Å². The van der Waals surface area contributed by atoms with Crippen molar-refractivity contribution in [3.63, 3.8) is 0 Å². The lowest BCUT2D eigenvalue weighted by Gasteiger charge is -2.04. The third-order valence-corrected chi connectivity index (χ3v) is 3.12. The predicted molar refractivity (Wildman–Crippen MR) is 70.5 cm³/mol. The Morgan fingerprint density at radius 3 is 2.59 bits per heavy atom. The van der Waals surface area contributed by atoms with Gasteiger partial charge in [0.15, 0.2) is 0 Å². The van der Waals surface area contributed by atoms with Crippen molar-refractivity contribution in [2.45, 2.75) is 27.3 Å². The van der Waals surface area contributed by atoms with Crippen molar-refractivity contribution in [1.29, 1.82) is 0 Å². The predicted octanol–water partition coefficient (Wildman–Crippen LogP) is 2.52. The number of aromatic nitrogens is 2. The maximum absolute atomic E-state index is 4.55. The average Bonchev–Trinajstić information content (AvgIpc) is 2.65. The van der Waals surface area contributed by atoms with Gasteiger partial charge in [-0.2, -0.15) is 5.10 Å². The monoisotopic (exact) mass is 229 g/mol. The fourth-order valence-electron chi connectivity index (χ4n) is 1.86. The van der Waals surface area contributed by atoms with E-state index >= 15 is 0 Å². The molecule has 1 aromatic carbocycles. The third-order valence-electron chi connectivity index (χ3n) is 3.12. The highest BCUT2D eigenvalue weighted by atomic mass is 15.3. The molecule has 90 valence electrons. The van der Waals surface area contributed by atoms with Crippen molar-refractivity contribution >= 4 is 0 Å². The third kappa shape index (κ3) is 2.39. The molecule has 0 aliphatic heterocycles. The Bertz CT molecular complexity index is 526. The molecule has 0 saturated carbocycles. The summed E-state index contributed by atoms with van der Waals surface area (Å²) in [6.07, 6.45) is 2.09. The van der Waals surface area contributed by atoms with Gasteiger partial charge in [0, 0.05) is 18.3 Å². The minimum absolute atomic E-state index is 0.858. The zero-order valence-electron chi connectivity index (χ0n) is 10.9. The highest BCUT2D eigenvalue weighted by Gasteiger charge is 2.06. The topological polar surface area (TPSA) is 29.9 Å². The summed E-state index contributed by atoms with van der Waals surface area (Å²) in [6.45, 7) is 7.16. The van der Waals surface area contributed by atoms with Gasteiger partial charge < -0.3 is 5.32 Å². The summed E-state index contributed by atoms with van der Waals surface area (Å²) in [4.78, 5) is 0. The SMILES string of the molecule is CNCc1cn(-c2ccc(C)c(C)c2)nc1C. The Balaban J connectivity index is 2.39. The average molecular weight is 229 g/mol. The van der Waals surface area contributed by atoms with Crippen LogP contribution in [0.25, 0.3) is 5.69 Å². The maximum atomic E-state index is 4.55. The van der Waals surface area contributed by atoms with E-state index in [1.165, 1.54) is 16.7 Å². The van der Waals surface area contributed by atoms with E-state index in [1.54, 1.807) is 0 Å². The molecular weight excluding hydrogens is 210 g/mol. The molecule has 2 rings (SSSR count). The van der Waals surface area contributed by atoms with Crippen LogP contribution in [-0.2, 0) is 6.54 Å². The lowest BCUT2D eigenvalue weighted by Crippen LogP contribution is -2.05. The molecule has 0 saturated heterocycles. The molecule has 3 heteroatoms. The van der Waals surface area contributed by atoms with Gasteiger partial charge in [0.25, 0.3) is 0 Å². The quantitative estimate of drug-likeness (QED) is 0.876. The van der Waals surface area contributed by atoms with Crippen molar-refractivity contribution < 1.29 is 0 Å². The highest BCUT2D eigenvalue weighted by Crippen LogP contribution is 2.15. The molecule has 0 atom stereocenters. The molecule has 1 aromatic heterocycles. The smallest absolute Gasteiger partial charge is 0.0648 e. The minimum Gasteiger partial charge on any atom is -0.316 e. The van der Waals surface area contributed by atoms with Gasteiger partial charge in [-0.05, 0) is 51.1 Å². The summed E-state index contributed by atoms with van der Waals surface area (Å²) in [5, 5.41) is 7.70. The second kappa shape index (κ2) is 4.72. The summed E-state index contributed by atoms with van der Waals surface area (Å²) < 4.78 is 1.95. The molecule has 0 bridgehead atoms. The van der Waals surface area contributed by atoms with Crippen LogP contribution < -0.4 is 5.32 Å². The molecule has 17 heavy (non-hydrogen) atoms. The van der Waals surface area contributed by atoms with Crippen LogP contribution in [0, 0.1) is 20.8 Å². The van der Waals surface area contributed by atoms with Crippen LogP contribution in [0.4, 0.5) is 0 Å². The number of hydrogen-bond acceptors (Lipinski definition) is 2. The fourth-order valence-corrected chi connectivity index (χ4v) is 1.86. The first-order valence-corrected chi connectivity index (χ1v) is 5.89. The van der Waals surface area contributed by atoms with Crippen molar-refractivity contribution in [3.05, 3.63) is 46.8 Å². The van der Waals surface area contributed by atoms with Crippen molar-refractivity contribution in [2.75, 3.05) is 7.05 Å². The minimum atomic E-state index is 0.858. The van der Waals surface area contributed by atoms with Crippen LogP contribution >= 0.6 is 0 Å². The first-order chi connectivity index (χ1) is 8.11. The fraction of sp³-hybridized carbons (Fsp3) is 0.357. The lowest BCUT2D eigenvalue weighted by atomic mass is 10.1. The van der Waals surface area contributed by atoms with Crippen molar-refractivity contribution in [3.8, 4) is 5.69 Å².